The number of aliphatic hydroxyl groups is 4. The van der Waals surface area contributed by atoms with Gasteiger partial charge in [0, 0.05) is 24.5 Å². The SMILES string of the molecule is CC[C@@H]1C#CC[C@H]([C@H](O)CCc2ccc(O)c(O[C@H](C[C@H](c3ccnc(N)c3)C3(c4ccc[n-]4)CCCC3)[C@H](O)CO)c2)[C@@H](O)CCCC1. The number of ether oxygens (including phenoxy) is 1. The van der Waals surface area contributed by atoms with E-state index in [1.54, 1.807) is 30.6 Å². The number of benzene rings is 1. The molecule has 2 heterocycles. The number of nitrogen functional groups attached to an aromatic ring is 1. The monoisotopic (exact) mass is 672 g/mol. The second-order valence-corrected chi connectivity index (χ2v) is 14.1. The average Bonchev–Trinajstić information content (AvgIpc) is 3.83. The number of aromatic nitrogens is 2. The average molecular weight is 673 g/mol. The fourth-order valence-electron chi connectivity index (χ4n) is 8.07. The van der Waals surface area contributed by atoms with Gasteiger partial charge < -0.3 is 41.0 Å². The van der Waals surface area contributed by atoms with E-state index in [4.69, 9.17) is 15.5 Å². The van der Waals surface area contributed by atoms with E-state index in [0.29, 0.717) is 43.8 Å². The maximum atomic E-state index is 11.2. The van der Waals surface area contributed by atoms with Crippen molar-refractivity contribution in [2.75, 3.05) is 12.3 Å². The number of anilines is 1. The van der Waals surface area contributed by atoms with Crippen molar-refractivity contribution < 1.29 is 30.3 Å². The standard InChI is InChI=1S/C40H54N3O6/c1-2-27-9-3-4-12-32(45)30(11-7-10-27)33(46)16-14-28-15-17-34(47)36(23-28)49-37(35(48)26-44)25-31(29-18-22-43-39(41)24-29)40(19-5-6-20-40)38-13-8-21-42-38/h8,13,15,17-18,21-24,27,30-33,35,37,44-48H,2-6,9,11-12,14,16,19-20,25-26H2,1H3,(H2,41,43)/q-1/t27-,30-,31+,32-,33+,35+,37+/m0/s1. The number of phenols is 1. The van der Waals surface area contributed by atoms with Crippen molar-refractivity contribution in [2.24, 2.45) is 11.8 Å². The number of aryl methyl sites for hydroxylation is 1. The van der Waals surface area contributed by atoms with Gasteiger partial charge in [-0.05, 0) is 98.1 Å². The first kappa shape index (κ1) is 36.7. The highest BCUT2D eigenvalue weighted by Crippen LogP contribution is 2.52. The number of phenolic OH excluding ortho intramolecular Hbond substituents is 1. The molecule has 1 aromatic carbocycles. The maximum absolute atomic E-state index is 11.2. The quantitative estimate of drug-likeness (QED) is 0.124. The molecule has 0 bridgehead atoms. The van der Waals surface area contributed by atoms with Crippen LogP contribution in [-0.4, -0.2) is 61.5 Å². The van der Waals surface area contributed by atoms with Crippen LogP contribution in [0.1, 0.15) is 107 Å². The third-order valence-corrected chi connectivity index (χ3v) is 11.0. The van der Waals surface area contributed by atoms with Crippen LogP contribution in [0.25, 0.3) is 0 Å². The summed E-state index contributed by atoms with van der Waals surface area (Å²) in [6.07, 6.45) is 10.3. The van der Waals surface area contributed by atoms with Crippen molar-refractivity contribution in [3.63, 3.8) is 0 Å². The molecule has 266 valence electrons. The lowest BCUT2D eigenvalue weighted by Crippen LogP contribution is -2.41. The van der Waals surface area contributed by atoms with Gasteiger partial charge in [0.2, 0.25) is 0 Å². The molecule has 5 rings (SSSR count). The summed E-state index contributed by atoms with van der Waals surface area (Å²) in [7, 11) is 0. The second-order valence-electron chi connectivity index (χ2n) is 14.1. The molecule has 0 aliphatic heterocycles. The number of hydrogen-bond donors (Lipinski definition) is 6. The topological polar surface area (TPSA) is 163 Å². The molecule has 0 saturated heterocycles. The molecule has 2 aliphatic carbocycles. The molecular weight excluding hydrogens is 618 g/mol. The van der Waals surface area contributed by atoms with Crippen LogP contribution in [0.15, 0.2) is 54.9 Å². The largest absolute Gasteiger partial charge is 0.667 e. The molecule has 7 N–H and O–H groups in total. The summed E-state index contributed by atoms with van der Waals surface area (Å²) < 4.78 is 6.41. The van der Waals surface area contributed by atoms with Crippen molar-refractivity contribution in [3.05, 3.63) is 71.7 Å². The molecule has 9 heteroatoms. The van der Waals surface area contributed by atoms with Crippen LogP contribution in [0.4, 0.5) is 5.82 Å². The highest BCUT2D eigenvalue weighted by Gasteiger charge is 2.43. The summed E-state index contributed by atoms with van der Waals surface area (Å²) in [5.74, 6) is 6.98. The Hall–Kier alpha value is -3.55. The molecule has 0 unspecified atom stereocenters. The predicted octanol–water partition coefficient (Wildman–Crippen LogP) is 5.38. The van der Waals surface area contributed by atoms with E-state index in [1.807, 2.05) is 18.2 Å². The van der Waals surface area contributed by atoms with Gasteiger partial charge in [-0.25, -0.2) is 4.98 Å². The van der Waals surface area contributed by atoms with Crippen LogP contribution < -0.4 is 15.5 Å². The lowest BCUT2D eigenvalue weighted by molar-refractivity contribution is -0.0123. The van der Waals surface area contributed by atoms with E-state index in [1.165, 1.54) is 0 Å². The van der Waals surface area contributed by atoms with Crippen molar-refractivity contribution in [3.8, 4) is 23.3 Å². The van der Waals surface area contributed by atoms with E-state index in [0.717, 1.165) is 68.2 Å². The normalized spacial score (nSPS) is 23.5. The summed E-state index contributed by atoms with van der Waals surface area (Å²) in [6.45, 7) is 1.63. The van der Waals surface area contributed by atoms with Gasteiger partial charge in [-0.1, -0.05) is 56.7 Å². The summed E-state index contributed by atoms with van der Waals surface area (Å²) in [4.78, 5) is 8.95. The van der Waals surface area contributed by atoms with Crippen LogP contribution in [0.3, 0.4) is 0 Å². The molecule has 49 heavy (non-hydrogen) atoms. The Balaban J connectivity index is 1.36. The Bertz CT molecular complexity index is 1510. The Labute approximate surface area is 291 Å². The first-order valence-corrected chi connectivity index (χ1v) is 18.2. The van der Waals surface area contributed by atoms with Gasteiger partial charge in [-0.3, -0.25) is 0 Å². The number of hydrogen-bond acceptors (Lipinski definition) is 8. The zero-order chi connectivity index (χ0) is 34.8. The van der Waals surface area contributed by atoms with Gasteiger partial charge >= 0.3 is 0 Å². The predicted molar refractivity (Wildman–Crippen MR) is 190 cm³/mol. The van der Waals surface area contributed by atoms with Crippen LogP contribution >= 0.6 is 0 Å². The molecule has 2 aliphatic rings. The number of pyridine rings is 1. The molecule has 9 nitrogen and oxygen atoms in total. The first-order chi connectivity index (χ1) is 23.7. The molecule has 2 aromatic heterocycles. The van der Waals surface area contributed by atoms with Gasteiger partial charge in [0.1, 0.15) is 18.0 Å². The molecule has 1 saturated carbocycles. The van der Waals surface area contributed by atoms with Gasteiger partial charge in [0.15, 0.2) is 11.5 Å². The Morgan fingerprint density at radius 3 is 2.59 bits per heavy atom. The van der Waals surface area contributed by atoms with Gasteiger partial charge in [0.25, 0.3) is 0 Å². The lowest BCUT2D eigenvalue weighted by Gasteiger charge is -2.43. The summed E-state index contributed by atoms with van der Waals surface area (Å²) >= 11 is 0. The van der Waals surface area contributed by atoms with E-state index in [9.17, 15) is 25.5 Å². The molecule has 0 amide bonds. The fraction of sp³-hybridized carbons (Fsp3) is 0.575. The second kappa shape index (κ2) is 17.4. The van der Waals surface area contributed by atoms with E-state index in [2.05, 4.69) is 29.8 Å². The number of aromatic hydroxyl groups is 1. The van der Waals surface area contributed by atoms with Crippen LogP contribution in [0.5, 0.6) is 11.5 Å². The third kappa shape index (κ3) is 9.17. The highest BCUT2D eigenvalue weighted by atomic mass is 16.5. The zero-order valence-corrected chi connectivity index (χ0v) is 28.8. The van der Waals surface area contributed by atoms with E-state index < -0.39 is 31.0 Å². The minimum Gasteiger partial charge on any atom is -0.667 e. The minimum atomic E-state index is -1.22. The number of aliphatic hydroxyl groups excluding tert-OH is 4. The summed E-state index contributed by atoms with van der Waals surface area (Å²) in [6, 6.07) is 12.9. The minimum absolute atomic E-state index is 0.0825. The van der Waals surface area contributed by atoms with Crippen LogP contribution in [0.2, 0.25) is 0 Å². The van der Waals surface area contributed by atoms with Crippen molar-refractivity contribution in [2.45, 2.75) is 126 Å². The van der Waals surface area contributed by atoms with E-state index >= 15 is 0 Å². The number of nitrogens with zero attached hydrogens (tertiary/aromatic N) is 2. The molecular formula is C40H54N3O6-. The van der Waals surface area contributed by atoms with Crippen LogP contribution in [-0.2, 0) is 11.8 Å². The number of nitrogens with two attached hydrogens (primary N) is 1. The zero-order valence-electron chi connectivity index (χ0n) is 28.8. The first-order valence-electron chi connectivity index (χ1n) is 18.2. The van der Waals surface area contributed by atoms with Crippen molar-refractivity contribution in [1.29, 1.82) is 0 Å². The molecule has 0 spiro atoms. The van der Waals surface area contributed by atoms with Crippen LogP contribution in [0, 0.1) is 23.7 Å². The molecule has 7 atom stereocenters. The van der Waals surface area contributed by atoms with Crippen molar-refractivity contribution in [1.82, 2.24) is 9.97 Å². The van der Waals surface area contributed by atoms with Crippen molar-refractivity contribution >= 4 is 5.82 Å². The van der Waals surface area contributed by atoms with Gasteiger partial charge in [-0.15, -0.1) is 5.92 Å². The summed E-state index contributed by atoms with van der Waals surface area (Å²) in [5, 5.41) is 54.3. The van der Waals surface area contributed by atoms with E-state index in [-0.39, 0.29) is 28.7 Å². The fourth-order valence-corrected chi connectivity index (χ4v) is 8.07. The van der Waals surface area contributed by atoms with Gasteiger partial charge in [0.05, 0.1) is 18.8 Å². The molecule has 0 radical (unpaired) electrons. The summed E-state index contributed by atoms with van der Waals surface area (Å²) in [5.41, 5.74) is 8.62. The Morgan fingerprint density at radius 1 is 1.08 bits per heavy atom. The molecule has 3 aromatic rings. The smallest absolute Gasteiger partial charge is 0.161 e. The molecule has 1 fully saturated rings. The third-order valence-electron chi connectivity index (χ3n) is 11.0. The lowest BCUT2D eigenvalue weighted by atomic mass is 9.66. The highest BCUT2D eigenvalue weighted by molar-refractivity contribution is 5.43. The Morgan fingerprint density at radius 2 is 1.88 bits per heavy atom. The maximum Gasteiger partial charge on any atom is 0.161 e. The Kier molecular flexibility index (Phi) is 13.0. The number of rotatable bonds is 14. The van der Waals surface area contributed by atoms with Gasteiger partial charge in [-0.2, -0.15) is 11.9 Å².